The molecule has 34 heavy (non-hydrogen) atoms. The number of Topliss-reactive ketones (excluding diaryl/α,β-unsaturated/α-hetero) is 1. The Hall–Kier alpha value is -3.30. The predicted molar refractivity (Wildman–Crippen MR) is 134 cm³/mol. The first kappa shape index (κ1) is 22.5. The SMILES string of the molecule is Cc1ccc(S(=O)(=O)CC(=O)Cc2ccc(-n3c(C)nc4cc5c(cc4c3=O)CCN5)cc2)s1. The van der Waals surface area contributed by atoms with E-state index in [1.807, 2.05) is 19.1 Å². The first-order valence-electron chi connectivity index (χ1n) is 10.9. The molecule has 0 atom stereocenters. The van der Waals surface area contributed by atoms with Crippen molar-refractivity contribution in [2.24, 2.45) is 0 Å². The zero-order valence-electron chi connectivity index (χ0n) is 18.8. The smallest absolute Gasteiger partial charge is 0.265 e. The Morgan fingerprint density at radius 2 is 1.88 bits per heavy atom. The summed E-state index contributed by atoms with van der Waals surface area (Å²) in [6.07, 6.45) is 0.885. The number of benzene rings is 2. The summed E-state index contributed by atoms with van der Waals surface area (Å²) in [6.45, 7) is 4.47. The molecule has 0 radical (unpaired) electrons. The molecule has 0 unspecified atom stereocenters. The summed E-state index contributed by atoms with van der Waals surface area (Å²) in [5.74, 6) is -0.334. The Labute approximate surface area is 201 Å². The van der Waals surface area contributed by atoms with E-state index in [1.165, 1.54) is 11.3 Å². The van der Waals surface area contributed by atoms with E-state index in [0.29, 0.717) is 28.0 Å². The molecule has 0 fully saturated rings. The van der Waals surface area contributed by atoms with E-state index in [0.717, 1.165) is 29.1 Å². The van der Waals surface area contributed by atoms with Crippen LogP contribution in [0.2, 0.25) is 0 Å². The normalized spacial score (nSPS) is 13.1. The Morgan fingerprint density at radius 1 is 1.12 bits per heavy atom. The van der Waals surface area contributed by atoms with Crippen LogP contribution in [-0.4, -0.2) is 36.0 Å². The number of anilines is 1. The molecule has 1 aliphatic rings. The van der Waals surface area contributed by atoms with E-state index < -0.39 is 15.6 Å². The van der Waals surface area contributed by atoms with Gasteiger partial charge in [0.05, 0.1) is 16.6 Å². The van der Waals surface area contributed by atoms with Crippen LogP contribution in [0, 0.1) is 13.8 Å². The van der Waals surface area contributed by atoms with Gasteiger partial charge in [0.1, 0.15) is 15.8 Å². The van der Waals surface area contributed by atoms with Crippen LogP contribution in [0.25, 0.3) is 16.6 Å². The first-order valence-corrected chi connectivity index (χ1v) is 13.4. The summed E-state index contributed by atoms with van der Waals surface area (Å²) in [6, 6.07) is 14.1. The maximum Gasteiger partial charge on any atom is 0.265 e. The number of hydrogen-bond donors (Lipinski definition) is 1. The lowest BCUT2D eigenvalue weighted by molar-refractivity contribution is -0.116. The topological polar surface area (TPSA) is 98.1 Å². The average molecular weight is 494 g/mol. The molecular weight excluding hydrogens is 470 g/mol. The van der Waals surface area contributed by atoms with Crippen molar-refractivity contribution in [2.75, 3.05) is 17.6 Å². The van der Waals surface area contributed by atoms with Gasteiger partial charge in [-0.3, -0.25) is 14.2 Å². The van der Waals surface area contributed by atoms with Gasteiger partial charge in [-0.05, 0) is 67.8 Å². The van der Waals surface area contributed by atoms with Gasteiger partial charge in [0, 0.05) is 23.5 Å². The van der Waals surface area contributed by atoms with Gasteiger partial charge in [-0.2, -0.15) is 0 Å². The fourth-order valence-corrected chi connectivity index (χ4v) is 6.91. The van der Waals surface area contributed by atoms with Crippen LogP contribution < -0.4 is 10.9 Å². The lowest BCUT2D eigenvalue weighted by atomic mass is 10.1. The molecule has 2 aromatic heterocycles. The predicted octanol–water partition coefficient (Wildman–Crippen LogP) is 3.62. The average Bonchev–Trinajstić information content (AvgIpc) is 3.42. The van der Waals surface area contributed by atoms with Gasteiger partial charge in [-0.25, -0.2) is 13.4 Å². The number of carbonyl (C=O) groups is 1. The fraction of sp³-hybridized carbons (Fsp3) is 0.240. The number of hydrogen-bond acceptors (Lipinski definition) is 7. The second-order valence-electron chi connectivity index (χ2n) is 8.51. The van der Waals surface area contributed by atoms with E-state index in [9.17, 15) is 18.0 Å². The maximum absolute atomic E-state index is 13.3. The van der Waals surface area contributed by atoms with E-state index in [-0.39, 0.29) is 22.0 Å². The molecule has 0 aliphatic carbocycles. The van der Waals surface area contributed by atoms with Crippen molar-refractivity contribution in [1.82, 2.24) is 9.55 Å². The number of nitrogens with zero attached hydrogens (tertiary/aromatic N) is 2. The van der Waals surface area contributed by atoms with Crippen molar-refractivity contribution < 1.29 is 13.2 Å². The van der Waals surface area contributed by atoms with Gasteiger partial charge in [0.25, 0.3) is 5.56 Å². The van der Waals surface area contributed by atoms with Crippen LogP contribution in [0.3, 0.4) is 0 Å². The molecule has 0 bridgehead atoms. The van der Waals surface area contributed by atoms with Crippen LogP contribution in [0.4, 0.5) is 5.69 Å². The molecule has 0 amide bonds. The zero-order chi connectivity index (χ0) is 24.0. The minimum absolute atomic E-state index is 0.00680. The largest absolute Gasteiger partial charge is 0.384 e. The second-order valence-corrected chi connectivity index (χ2v) is 12.0. The van der Waals surface area contributed by atoms with E-state index in [4.69, 9.17) is 0 Å². The Bertz CT molecular complexity index is 1600. The Morgan fingerprint density at radius 3 is 2.59 bits per heavy atom. The third-order valence-corrected chi connectivity index (χ3v) is 9.20. The Kier molecular flexibility index (Phi) is 5.61. The highest BCUT2D eigenvalue weighted by atomic mass is 32.2. The van der Waals surface area contributed by atoms with Crippen LogP contribution in [0.1, 0.15) is 21.8 Å². The molecule has 9 heteroatoms. The maximum atomic E-state index is 13.3. The third-order valence-electron chi connectivity index (χ3n) is 5.94. The molecule has 0 saturated carbocycles. The molecular formula is C25H23N3O4S2. The number of ketones is 1. The van der Waals surface area contributed by atoms with Crippen LogP contribution >= 0.6 is 11.3 Å². The number of rotatable bonds is 6. The standard InChI is InChI=1S/C25H23N3O4S2/c1-15-3-8-24(33-15)34(31,32)14-20(29)11-17-4-6-19(7-5-17)28-16(2)27-23-13-22-18(9-10-26-22)12-21(23)25(28)30/h3-8,12-13,26H,9-11,14H2,1-2H3. The molecule has 0 spiro atoms. The van der Waals surface area contributed by atoms with Gasteiger partial charge in [0.15, 0.2) is 15.6 Å². The zero-order valence-corrected chi connectivity index (χ0v) is 20.4. The van der Waals surface area contributed by atoms with Crippen molar-refractivity contribution in [2.45, 2.75) is 30.9 Å². The molecule has 2 aromatic carbocycles. The summed E-state index contributed by atoms with van der Waals surface area (Å²) in [5.41, 5.74) is 4.00. The van der Waals surface area contributed by atoms with Gasteiger partial charge < -0.3 is 5.32 Å². The monoisotopic (exact) mass is 493 g/mol. The highest BCUT2D eigenvalue weighted by molar-refractivity contribution is 7.94. The van der Waals surface area contributed by atoms with Crippen molar-refractivity contribution in [1.29, 1.82) is 0 Å². The highest BCUT2D eigenvalue weighted by Gasteiger charge is 2.21. The van der Waals surface area contributed by atoms with Crippen LogP contribution in [0.5, 0.6) is 0 Å². The van der Waals surface area contributed by atoms with Crippen LogP contribution in [0.15, 0.2) is 57.5 Å². The van der Waals surface area contributed by atoms with Gasteiger partial charge >= 0.3 is 0 Å². The number of carbonyl (C=O) groups excluding carboxylic acids is 1. The van der Waals surface area contributed by atoms with E-state index in [1.54, 1.807) is 47.9 Å². The quantitative estimate of drug-likeness (QED) is 0.441. The van der Waals surface area contributed by atoms with Gasteiger partial charge in [0.2, 0.25) is 0 Å². The van der Waals surface area contributed by atoms with Crippen molar-refractivity contribution in [3.63, 3.8) is 0 Å². The molecule has 1 aliphatic heterocycles. The number of nitrogens with one attached hydrogen (secondary N) is 1. The molecule has 7 nitrogen and oxygen atoms in total. The second kappa shape index (κ2) is 8.48. The number of thiophene rings is 1. The minimum atomic E-state index is -3.64. The minimum Gasteiger partial charge on any atom is -0.384 e. The van der Waals surface area contributed by atoms with Crippen LogP contribution in [-0.2, 0) is 27.5 Å². The number of aromatic nitrogens is 2. The fourth-order valence-electron chi connectivity index (χ4n) is 4.30. The highest BCUT2D eigenvalue weighted by Crippen LogP contribution is 2.26. The lowest BCUT2D eigenvalue weighted by Gasteiger charge is -2.12. The van der Waals surface area contributed by atoms with Crippen molar-refractivity contribution in [3.05, 3.63) is 80.7 Å². The molecule has 1 N–H and O–H groups in total. The molecule has 3 heterocycles. The molecule has 174 valence electrons. The summed E-state index contributed by atoms with van der Waals surface area (Å²) in [4.78, 5) is 31.3. The van der Waals surface area contributed by atoms with Gasteiger partial charge in [-0.15, -0.1) is 11.3 Å². The molecule has 5 rings (SSSR count). The Balaban J connectivity index is 1.38. The van der Waals surface area contributed by atoms with E-state index in [2.05, 4.69) is 10.3 Å². The van der Waals surface area contributed by atoms with E-state index >= 15 is 0 Å². The number of aryl methyl sites for hydroxylation is 2. The van der Waals surface area contributed by atoms with Crippen molar-refractivity contribution >= 4 is 43.5 Å². The number of sulfone groups is 1. The summed E-state index contributed by atoms with van der Waals surface area (Å²) >= 11 is 1.17. The molecule has 0 saturated heterocycles. The summed E-state index contributed by atoms with van der Waals surface area (Å²) in [5, 5.41) is 3.88. The molecule has 4 aromatic rings. The number of fused-ring (bicyclic) bond motifs is 2. The lowest BCUT2D eigenvalue weighted by Crippen LogP contribution is -2.22. The third kappa shape index (κ3) is 4.17. The summed E-state index contributed by atoms with van der Waals surface area (Å²) in [7, 11) is -3.64. The van der Waals surface area contributed by atoms with Gasteiger partial charge in [-0.1, -0.05) is 12.1 Å². The van der Waals surface area contributed by atoms with Crippen molar-refractivity contribution in [3.8, 4) is 5.69 Å². The first-order chi connectivity index (χ1) is 16.2. The summed E-state index contributed by atoms with van der Waals surface area (Å²) < 4.78 is 26.7.